The summed E-state index contributed by atoms with van der Waals surface area (Å²) < 4.78 is 5.35. The van der Waals surface area contributed by atoms with E-state index >= 15 is 0 Å². The van der Waals surface area contributed by atoms with E-state index < -0.39 is 0 Å². The number of hydrogen-bond acceptors (Lipinski definition) is 4. The van der Waals surface area contributed by atoms with Crippen LogP contribution in [0.5, 0.6) is 0 Å². The minimum absolute atomic E-state index is 0.721. The molecule has 0 atom stereocenters. The first-order valence-electron chi connectivity index (χ1n) is 6.19. The zero-order chi connectivity index (χ0) is 12.8. The predicted molar refractivity (Wildman–Crippen MR) is 71.9 cm³/mol. The summed E-state index contributed by atoms with van der Waals surface area (Å²) in [5.41, 5.74) is 7.50. The lowest BCUT2D eigenvalue weighted by Crippen LogP contribution is -2.21. The normalized spacial score (nSPS) is 11.1. The summed E-state index contributed by atoms with van der Waals surface area (Å²) in [5, 5.41) is 4.09. The molecule has 96 valence electrons. The van der Waals surface area contributed by atoms with E-state index in [0.717, 1.165) is 43.1 Å². The van der Waals surface area contributed by atoms with Gasteiger partial charge in [0, 0.05) is 18.2 Å². The van der Waals surface area contributed by atoms with E-state index in [1.54, 1.807) is 0 Å². The standard InChI is InChI=1S/C14H19N3O/c1-17(9-5-8-15)11-13-10-14(18-16-13)12-6-3-2-4-7-12/h2-4,6-7,10H,5,8-9,11,15H2,1H3. The second-order valence-corrected chi connectivity index (χ2v) is 4.43. The smallest absolute Gasteiger partial charge is 0.167 e. The van der Waals surface area contributed by atoms with Gasteiger partial charge in [-0.3, -0.25) is 0 Å². The van der Waals surface area contributed by atoms with Crippen molar-refractivity contribution in [3.05, 3.63) is 42.1 Å². The number of rotatable bonds is 6. The molecule has 2 aromatic rings. The fourth-order valence-corrected chi connectivity index (χ4v) is 1.84. The third-order valence-electron chi connectivity index (χ3n) is 2.79. The first-order chi connectivity index (χ1) is 8.79. The largest absolute Gasteiger partial charge is 0.356 e. The molecule has 0 fully saturated rings. The number of hydrogen-bond donors (Lipinski definition) is 1. The molecule has 0 amide bonds. The van der Waals surface area contributed by atoms with E-state index in [1.807, 2.05) is 36.4 Å². The Morgan fingerprint density at radius 3 is 2.78 bits per heavy atom. The van der Waals surface area contributed by atoms with Crippen molar-refractivity contribution in [2.24, 2.45) is 5.73 Å². The van der Waals surface area contributed by atoms with E-state index in [-0.39, 0.29) is 0 Å². The van der Waals surface area contributed by atoms with Gasteiger partial charge in [-0.15, -0.1) is 0 Å². The minimum atomic E-state index is 0.721. The van der Waals surface area contributed by atoms with Gasteiger partial charge in [0.25, 0.3) is 0 Å². The molecule has 2 N–H and O–H groups in total. The molecular formula is C14H19N3O. The molecule has 1 aromatic heterocycles. The first kappa shape index (κ1) is 12.8. The number of benzene rings is 1. The zero-order valence-corrected chi connectivity index (χ0v) is 10.7. The summed E-state index contributed by atoms with van der Waals surface area (Å²) in [6, 6.07) is 12.0. The van der Waals surface area contributed by atoms with E-state index in [2.05, 4.69) is 17.1 Å². The van der Waals surface area contributed by atoms with Crippen molar-refractivity contribution < 1.29 is 4.52 Å². The summed E-state index contributed by atoms with van der Waals surface area (Å²) >= 11 is 0. The monoisotopic (exact) mass is 245 g/mol. The maximum absolute atomic E-state index is 5.49. The average Bonchev–Trinajstić information content (AvgIpc) is 2.86. The van der Waals surface area contributed by atoms with Gasteiger partial charge in [-0.1, -0.05) is 35.5 Å². The highest BCUT2D eigenvalue weighted by molar-refractivity contribution is 5.56. The van der Waals surface area contributed by atoms with Crippen LogP contribution in [0.4, 0.5) is 0 Å². The van der Waals surface area contributed by atoms with E-state index in [0.29, 0.717) is 0 Å². The van der Waals surface area contributed by atoms with Crippen LogP contribution in [0, 0.1) is 0 Å². The highest BCUT2D eigenvalue weighted by atomic mass is 16.5. The maximum Gasteiger partial charge on any atom is 0.167 e. The Labute approximate surface area is 107 Å². The summed E-state index contributed by atoms with van der Waals surface area (Å²) in [4.78, 5) is 2.19. The minimum Gasteiger partial charge on any atom is -0.356 e. The fraction of sp³-hybridized carbons (Fsp3) is 0.357. The molecule has 0 unspecified atom stereocenters. The van der Waals surface area contributed by atoms with Crippen LogP contribution in [0.1, 0.15) is 12.1 Å². The number of nitrogens with two attached hydrogens (primary N) is 1. The molecule has 0 spiro atoms. The lowest BCUT2D eigenvalue weighted by Gasteiger charge is -2.13. The SMILES string of the molecule is CN(CCCN)Cc1cc(-c2ccccc2)on1. The Morgan fingerprint density at radius 2 is 2.06 bits per heavy atom. The molecule has 4 nitrogen and oxygen atoms in total. The van der Waals surface area contributed by atoms with Crippen LogP contribution in [-0.2, 0) is 6.54 Å². The van der Waals surface area contributed by atoms with Crippen molar-refractivity contribution >= 4 is 0 Å². The lowest BCUT2D eigenvalue weighted by atomic mass is 10.1. The van der Waals surface area contributed by atoms with E-state index in [9.17, 15) is 0 Å². The van der Waals surface area contributed by atoms with Crippen LogP contribution in [-0.4, -0.2) is 30.2 Å². The van der Waals surface area contributed by atoms with Crippen LogP contribution in [0.15, 0.2) is 40.9 Å². The molecule has 0 aliphatic rings. The third-order valence-corrected chi connectivity index (χ3v) is 2.79. The molecular weight excluding hydrogens is 226 g/mol. The van der Waals surface area contributed by atoms with Crippen LogP contribution in [0.3, 0.4) is 0 Å². The molecule has 1 aromatic carbocycles. The molecule has 4 heteroatoms. The van der Waals surface area contributed by atoms with Crippen LogP contribution >= 0.6 is 0 Å². The Bertz CT molecular complexity index is 467. The quantitative estimate of drug-likeness (QED) is 0.847. The molecule has 0 aliphatic carbocycles. The Kier molecular flexibility index (Phi) is 4.50. The summed E-state index contributed by atoms with van der Waals surface area (Å²) in [6.45, 7) is 2.48. The fourth-order valence-electron chi connectivity index (χ4n) is 1.84. The van der Waals surface area contributed by atoms with E-state index in [1.165, 1.54) is 0 Å². The third kappa shape index (κ3) is 3.42. The summed E-state index contributed by atoms with van der Waals surface area (Å²) in [7, 11) is 2.06. The second kappa shape index (κ2) is 6.33. The molecule has 0 bridgehead atoms. The molecule has 18 heavy (non-hydrogen) atoms. The van der Waals surface area contributed by atoms with Gasteiger partial charge in [0.2, 0.25) is 0 Å². The van der Waals surface area contributed by atoms with E-state index in [4.69, 9.17) is 10.3 Å². The van der Waals surface area contributed by atoms with Gasteiger partial charge in [-0.25, -0.2) is 0 Å². The highest BCUT2D eigenvalue weighted by Gasteiger charge is 2.08. The van der Waals surface area contributed by atoms with Crippen molar-refractivity contribution in [2.45, 2.75) is 13.0 Å². The molecule has 0 aliphatic heterocycles. The molecule has 0 radical (unpaired) electrons. The van der Waals surface area contributed by atoms with Crippen molar-refractivity contribution in [1.29, 1.82) is 0 Å². The van der Waals surface area contributed by atoms with Crippen LogP contribution in [0.2, 0.25) is 0 Å². The second-order valence-electron chi connectivity index (χ2n) is 4.43. The summed E-state index contributed by atoms with van der Waals surface area (Å²) in [5.74, 6) is 0.817. The topological polar surface area (TPSA) is 55.3 Å². The molecule has 0 saturated heterocycles. The highest BCUT2D eigenvalue weighted by Crippen LogP contribution is 2.20. The lowest BCUT2D eigenvalue weighted by molar-refractivity contribution is 0.309. The van der Waals surface area contributed by atoms with Crippen molar-refractivity contribution in [3.8, 4) is 11.3 Å². The average molecular weight is 245 g/mol. The van der Waals surface area contributed by atoms with Gasteiger partial charge in [0.1, 0.15) is 0 Å². The Balaban J connectivity index is 1.98. The van der Waals surface area contributed by atoms with Gasteiger partial charge in [0.05, 0.1) is 5.69 Å². The Morgan fingerprint density at radius 1 is 1.28 bits per heavy atom. The van der Waals surface area contributed by atoms with Crippen molar-refractivity contribution in [1.82, 2.24) is 10.1 Å². The molecule has 2 rings (SSSR count). The zero-order valence-electron chi connectivity index (χ0n) is 10.7. The van der Waals surface area contributed by atoms with Crippen molar-refractivity contribution in [2.75, 3.05) is 20.1 Å². The van der Waals surface area contributed by atoms with Gasteiger partial charge >= 0.3 is 0 Å². The van der Waals surface area contributed by atoms with Crippen molar-refractivity contribution in [3.63, 3.8) is 0 Å². The van der Waals surface area contributed by atoms with Gasteiger partial charge < -0.3 is 15.2 Å². The molecule has 0 saturated carbocycles. The summed E-state index contributed by atoms with van der Waals surface area (Å²) in [6.07, 6.45) is 1.000. The Hall–Kier alpha value is -1.65. The van der Waals surface area contributed by atoms with Gasteiger partial charge in [0.15, 0.2) is 5.76 Å². The molecule has 1 heterocycles. The number of nitrogens with zero attached hydrogens (tertiary/aromatic N) is 2. The first-order valence-corrected chi connectivity index (χ1v) is 6.19. The van der Waals surface area contributed by atoms with Gasteiger partial charge in [-0.05, 0) is 26.6 Å². The predicted octanol–water partition coefficient (Wildman–Crippen LogP) is 2.12. The number of aromatic nitrogens is 1. The van der Waals surface area contributed by atoms with Crippen LogP contribution in [0.25, 0.3) is 11.3 Å². The van der Waals surface area contributed by atoms with Gasteiger partial charge in [-0.2, -0.15) is 0 Å². The van der Waals surface area contributed by atoms with Crippen LogP contribution < -0.4 is 5.73 Å². The maximum atomic E-state index is 5.49.